The zero-order valence-corrected chi connectivity index (χ0v) is 16.4. The summed E-state index contributed by atoms with van der Waals surface area (Å²) in [5.74, 6) is 7.50. The number of nitrogens with zero attached hydrogens (tertiary/aromatic N) is 3. The third-order valence-electron chi connectivity index (χ3n) is 3.99. The van der Waals surface area contributed by atoms with Crippen LogP contribution in [0.2, 0.25) is 0 Å². The first-order chi connectivity index (χ1) is 12.6. The van der Waals surface area contributed by atoms with Crippen LogP contribution < -0.4 is 15.9 Å². The molecule has 1 amide bonds. The molecule has 1 aromatic heterocycles. The summed E-state index contributed by atoms with van der Waals surface area (Å²) in [6.45, 7) is 4.20. The number of carbonyl (C=O) groups excluding carboxylic acids is 1. The number of nitrogen functional groups attached to an aromatic ring is 1. The van der Waals surface area contributed by atoms with Crippen molar-refractivity contribution in [3.63, 3.8) is 0 Å². The molecule has 8 heteroatoms. The zero-order chi connectivity index (χ0) is 18.9. The smallest absolute Gasteiger partial charge is 0.230 e. The lowest BCUT2D eigenvalue weighted by Gasteiger charge is -2.13. The van der Waals surface area contributed by atoms with Crippen molar-refractivity contribution in [2.24, 2.45) is 0 Å². The molecule has 2 rings (SSSR count). The Bertz CT molecular complexity index is 719. The van der Waals surface area contributed by atoms with Gasteiger partial charge in [-0.25, -0.2) is 4.68 Å². The number of rotatable bonds is 10. The number of unbranched alkanes of at least 4 members (excludes halogenated alkanes) is 2. The molecule has 0 bridgehead atoms. The summed E-state index contributed by atoms with van der Waals surface area (Å²) in [6, 6.07) is 7.64. The third-order valence-corrected chi connectivity index (χ3v) is 4.94. The van der Waals surface area contributed by atoms with Crippen molar-refractivity contribution < 1.29 is 9.53 Å². The lowest BCUT2D eigenvalue weighted by molar-refractivity contribution is -0.119. The first-order valence-electron chi connectivity index (χ1n) is 8.82. The summed E-state index contributed by atoms with van der Waals surface area (Å²) in [5.41, 5.74) is 0.755. The van der Waals surface area contributed by atoms with Crippen molar-refractivity contribution in [3.8, 4) is 17.1 Å². The first-order valence-corrected chi connectivity index (χ1v) is 9.81. The highest BCUT2D eigenvalue weighted by molar-refractivity contribution is 7.99. The minimum Gasteiger partial charge on any atom is -0.496 e. The van der Waals surface area contributed by atoms with Crippen molar-refractivity contribution in [2.45, 2.75) is 50.7 Å². The maximum Gasteiger partial charge on any atom is 0.230 e. The SMILES string of the molecule is CCCCCC(C)NC(=O)CSc1nnc(-c2ccccc2OC)n1N. The highest BCUT2D eigenvalue weighted by Gasteiger charge is 2.17. The first kappa shape index (κ1) is 20.1. The average molecular weight is 378 g/mol. The largest absolute Gasteiger partial charge is 0.496 e. The van der Waals surface area contributed by atoms with Gasteiger partial charge in [-0.1, -0.05) is 50.1 Å². The minimum atomic E-state index is -0.0270. The van der Waals surface area contributed by atoms with Gasteiger partial charge in [0.1, 0.15) is 5.75 Å². The lowest BCUT2D eigenvalue weighted by atomic mass is 10.1. The fourth-order valence-electron chi connectivity index (χ4n) is 2.61. The normalized spacial score (nSPS) is 12.0. The van der Waals surface area contributed by atoms with Gasteiger partial charge < -0.3 is 15.9 Å². The van der Waals surface area contributed by atoms with E-state index in [9.17, 15) is 4.79 Å². The highest BCUT2D eigenvalue weighted by atomic mass is 32.2. The number of thioether (sulfide) groups is 1. The molecule has 0 saturated heterocycles. The van der Waals surface area contributed by atoms with E-state index in [1.54, 1.807) is 7.11 Å². The molecule has 0 aliphatic heterocycles. The molecule has 0 aliphatic rings. The van der Waals surface area contributed by atoms with Crippen LogP contribution in [0.4, 0.5) is 0 Å². The molecular weight excluding hydrogens is 350 g/mol. The van der Waals surface area contributed by atoms with E-state index in [0.717, 1.165) is 18.4 Å². The quantitative estimate of drug-likeness (QED) is 0.376. The fraction of sp³-hybridized carbons (Fsp3) is 0.500. The molecule has 2 aromatic rings. The number of nitrogens with one attached hydrogen (secondary N) is 1. The van der Waals surface area contributed by atoms with Gasteiger partial charge in [0.15, 0.2) is 5.82 Å². The number of aromatic nitrogens is 3. The van der Waals surface area contributed by atoms with Crippen molar-refractivity contribution >= 4 is 17.7 Å². The fourth-order valence-corrected chi connectivity index (χ4v) is 3.28. The van der Waals surface area contributed by atoms with Crippen LogP contribution in [0, 0.1) is 0 Å². The third kappa shape index (κ3) is 5.39. The van der Waals surface area contributed by atoms with Crippen LogP contribution in [-0.2, 0) is 4.79 Å². The summed E-state index contributed by atoms with van der Waals surface area (Å²) >= 11 is 1.27. The Kier molecular flexibility index (Phi) is 7.77. The number of methoxy groups -OCH3 is 1. The summed E-state index contributed by atoms with van der Waals surface area (Å²) in [5, 5.41) is 11.7. The number of nitrogens with two attached hydrogens (primary N) is 1. The maximum absolute atomic E-state index is 12.1. The summed E-state index contributed by atoms with van der Waals surface area (Å²) in [7, 11) is 1.59. The van der Waals surface area contributed by atoms with Gasteiger partial charge in [0, 0.05) is 6.04 Å². The van der Waals surface area contributed by atoms with Crippen molar-refractivity contribution in [2.75, 3.05) is 18.7 Å². The Labute approximate surface area is 158 Å². The molecule has 1 aromatic carbocycles. The van der Waals surface area contributed by atoms with Crippen LogP contribution in [0.3, 0.4) is 0 Å². The molecule has 1 unspecified atom stereocenters. The Hall–Kier alpha value is -2.22. The summed E-state index contributed by atoms with van der Waals surface area (Å²) < 4.78 is 6.73. The Balaban J connectivity index is 1.93. The lowest BCUT2D eigenvalue weighted by Crippen LogP contribution is -2.33. The van der Waals surface area contributed by atoms with Crippen molar-refractivity contribution in [1.82, 2.24) is 20.2 Å². The van der Waals surface area contributed by atoms with Crippen LogP contribution >= 0.6 is 11.8 Å². The number of para-hydroxylation sites is 1. The van der Waals surface area contributed by atoms with Crippen LogP contribution in [-0.4, -0.2) is 39.7 Å². The molecule has 0 fully saturated rings. The van der Waals surface area contributed by atoms with Gasteiger partial charge in [-0.3, -0.25) is 4.79 Å². The molecular formula is C18H27N5O2S. The second kappa shape index (κ2) is 10.1. The molecule has 1 atom stereocenters. The van der Waals surface area contributed by atoms with Gasteiger partial charge in [-0.15, -0.1) is 10.2 Å². The van der Waals surface area contributed by atoms with Gasteiger partial charge in [0.25, 0.3) is 0 Å². The van der Waals surface area contributed by atoms with Crippen LogP contribution in [0.15, 0.2) is 29.4 Å². The van der Waals surface area contributed by atoms with Crippen LogP contribution in [0.5, 0.6) is 5.75 Å². The molecule has 0 saturated carbocycles. The van der Waals surface area contributed by atoms with Gasteiger partial charge in [0.05, 0.1) is 18.4 Å². The molecule has 26 heavy (non-hydrogen) atoms. The summed E-state index contributed by atoms with van der Waals surface area (Å²) in [6.07, 6.45) is 4.49. The molecule has 3 N–H and O–H groups in total. The number of amides is 1. The Morgan fingerprint density at radius 3 is 2.85 bits per heavy atom. The van der Waals surface area contributed by atoms with E-state index < -0.39 is 0 Å². The predicted octanol–water partition coefficient (Wildman–Crippen LogP) is 2.84. The predicted molar refractivity (Wildman–Crippen MR) is 105 cm³/mol. The van der Waals surface area contributed by atoms with Crippen molar-refractivity contribution in [3.05, 3.63) is 24.3 Å². The second-order valence-corrected chi connectivity index (χ2v) is 7.07. The molecule has 1 heterocycles. The highest BCUT2D eigenvalue weighted by Crippen LogP contribution is 2.29. The van der Waals surface area contributed by atoms with Gasteiger partial charge in [-0.2, -0.15) is 0 Å². The number of benzene rings is 1. The topological polar surface area (TPSA) is 95.1 Å². The van der Waals surface area contributed by atoms with Gasteiger partial charge in [0.2, 0.25) is 11.1 Å². The van der Waals surface area contributed by atoms with Gasteiger partial charge >= 0.3 is 0 Å². The molecule has 142 valence electrons. The summed E-state index contributed by atoms with van der Waals surface area (Å²) in [4.78, 5) is 12.1. The van der Waals surface area contributed by atoms with Gasteiger partial charge in [-0.05, 0) is 25.5 Å². The monoisotopic (exact) mass is 377 g/mol. The molecule has 0 radical (unpaired) electrons. The van der Waals surface area contributed by atoms with E-state index in [2.05, 4.69) is 22.4 Å². The van der Waals surface area contributed by atoms with Crippen LogP contribution in [0.1, 0.15) is 39.5 Å². The second-order valence-electron chi connectivity index (χ2n) is 6.13. The minimum absolute atomic E-state index is 0.0270. The van der Waals surface area contributed by atoms with E-state index in [1.165, 1.54) is 29.3 Å². The Morgan fingerprint density at radius 2 is 2.12 bits per heavy atom. The maximum atomic E-state index is 12.1. The number of hydrogen-bond acceptors (Lipinski definition) is 6. The Morgan fingerprint density at radius 1 is 1.35 bits per heavy atom. The zero-order valence-electron chi connectivity index (χ0n) is 15.6. The van der Waals surface area contributed by atoms with Crippen LogP contribution in [0.25, 0.3) is 11.4 Å². The van der Waals surface area contributed by atoms with E-state index in [4.69, 9.17) is 10.6 Å². The van der Waals surface area contributed by atoms with E-state index in [1.807, 2.05) is 31.2 Å². The van der Waals surface area contributed by atoms with E-state index >= 15 is 0 Å². The number of carbonyl (C=O) groups is 1. The number of hydrogen-bond donors (Lipinski definition) is 2. The number of ether oxygens (including phenoxy) is 1. The standard InChI is InChI=1S/C18H27N5O2S/c1-4-5-6-9-13(2)20-16(24)12-26-18-22-21-17(23(18)19)14-10-7-8-11-15(14)25-3/h7-8,10-11,13H,4-6,9,12,19H2,1-3H3,(H,20,24). The van der Waals surface area contributed by atoms with Crippen molar-refractivity contribution in [1.29, 1.82) is 0 Å². The molecule has 7 nitrogen and oxygen atoms in total. The van der Waals surface area contributed by atoms with E-state index in [-0.39, 0.29) is 17.7 Å². The molecule has 0 aliphatic carbocycles. The molecule has 0 spiro atoms. The van der Waals surface area contributed by atoms with E-state index in [0.29, 0.717) is 16.7 Å². The average Bonchev–Trinajstić information content (AvgIpc) is 3.00.